The van der Waals surface area contributed by atoms with Crippen LogP contribution >= 0.6 is 0 Å². The number of rotatable bonds is 2. The Morgan fingerprint density at radius 1 is 1.14 bits per heavy atom. The monoisotopic (exact) mass is 287 g/mol. The van der Waals surface area contributed by atoms with Crippen molar-refractivity contribution in [3.05, 3.63) is 47.5 Å². The van der Waals surface area contributed by atoms with Crippen LogP contribution in [0.1, 0.15) is 31.0 Å². The van der Waals surface area contributed by atoms with Crippen molar-refractivity contribution in [3.8, 4) is 11.3 Å². The number of nitrogens with one attached hydrogen (secondary N) is 1. The molecule has 0 radical (unpaired) electrons. The summed E-state index contributed by atoms with van der Waals surface area (Å²) in [6.07, 6.45) is 2.34. The smallest absolute Gasteiger partial charge is 0.167 e. The predicted octanol–water partition coefficient (Wildman–Crippen LogP) is 4.33. The molecule has 3 aromatic rings. The van der Waals surface area contributed by atoms with Gasteiger partial charge in [-0.2, -0.15) is 0 Å². The van der Waals surface area contributed by atoms with E-state index in [0.29, 0.717) is 11.1 Å². The van der Waals surface area contributed by atoms with Gasteiger partial charge in [0.15, 0.2) is 5.82 Å². The van der Waals surface area contributed by atoms with Gasteiger partial charge in [0.1, 0.15) is 17.8 Å². The van der Waals surface area contributed by atoms with Crippen molar-refractivity contribution in [1.82, 2.24) is 15.0 Å². The van der Waals surface area contributed by atoms with Crippen molar-refractivity contribution in [2.75, 3.05) is 0 Å². The van der Waals surface area contributed by atoms with E-state index < -0.39 is 11.6 Å². The van der Waals surface area contributed by atoms with Crippen molar-refractivity contribution in [1.29, 1.82) is 0 Å². The third kappa shape index (κ3) is 2.18. The van der Waals surface area contributed by atoms with Gasteiger partial charge in [0, 0.05) is 16.6 Å². The number of aromatic nitrogens is 3. The number of benzene rings is 1. The van der Waals surface area contributed by atoms with E-state index >= 15 is 0 Å². The number of halogens is 2. The van der Waals surface area contributed by atoms with Gasteiger partial charge in [0.05, 0.1) is 11.7 Å². The molecule has 0 amide bonds. The first-order valence-corrected chi connectivity index (χ1v) is 6.76. The zero-order chi connectivity index (χ0) is 15.1. The Labute approximate surface area is 121 Å². The molecule has 0 saturated carbocycles. The van der Waals surface area contributed by atoms with Crippen LogP contribution in [0.3, 0.4) is 0 Å². The second-order valence-corrected chi connectivity index (χ2v) is 5.42. The molecular formula is C16H15F2N3. The van der Waals surface area contributed by atoms with Crippen molar-refractivity contribution in [2.24, 2.45) is 0 Å². The molecular weight excluding hydrogens is 272 g/mol. The van der Waals surface area contributed by atoms with Crippen molar-refractivity contribution >= 4 is 10.9 Å². The summed E-state index contributed by atoms with van der Waals surface area (Å²) in [6.45, 7) is 6.01. The Morgan fingerprint density at radius 2 is 1.90 bits per heavy atom. The van der Waals surface area contributed by atoms with Gasteiger partial charge in [-0.1, -0.05) is 13.8 Å². The maximum absolute atomic E-state index is 14.3. The molecule has 0 atom stereocenters. The average molecular weight is 287 g/mol. The van der Waals surface area contributed by atoms with E-state index in [-0.39, 0.29) is 11.6 Å². The van der Waals surface area contributed by atoms with E-state index in [0.717, 1.165) is 22.8 Å². The lowest BCUT2D eigenvalue weighted by Crippen LogP contribution is -1.93. The minimum absolute atomic E-state index is 0.111. The second kappa shape index (κ2) is 4.91. The summed E-state index contributed by atoms with van der Waals surface area (Å²) in [5, 5.41) is 0.774. The molecule has 0 fully saturated rings. The zero-order valence-corrected chi connectivity index (χ0v) is 12.0. The number of fused-ring (bicyclic) bond motifs is 1. The summed E-state index contributed by atoms with van der Waals surface area (Å²) in [5.41, 5.74) is 2.95. The quantitative estimate of drug-likeness (QED) is 0.762. The fourth-order valence-electron chi connectivity index (χ4n) is 2.81. The third-order valence-electron chi connectivity index (χ3n) is 3.62. The third-order valence-corrected chi connectivity index (χ3v) is 3.62. The van der Waals surface area contributed by atoms with Crippen molar-refractivity contribution in [3.63, 3.8) is 0 Å². The topological polar surface area (TPSA) is 41.6 Å². The summed E-state index contributed by atoms with van der Waals surface area (Å²) < 4.78 is 28.1. The van der Waals surface area contributed by atoms with Crippen LogP contribution in [0.2, 0.25) is 0 Å². The van der Waals surface area contributed by atoms with Crippen molar-refractivity contribution in [2.45, 2.75) is 26.7 Å². The lowest BCUT2D eigenvalue weighted by atomic mass is 9.98. The molecule has 108 valence electrons. The molecule has 5 heteroatoms. The van der Waals surface area contributed by atoms with E-state index in [1.165, 1.54) is 12.4 Å². The second-order valence-electron chi connectivity index (χ2n) is 5.42. The van der Waals surface area contributed by atoms with Crippen LogP contribution in [0.5, 0.6) is 0 Å². The van der Waals surface area contributed by atoms with Gasteiger partial charge in [-0.3, -0.25) is 0 Å². The van der Waals surface area contributed by atoms with Gasteiger partial charge in [0.2, 0.25) is 0 Å². The molecule has 0 aliphatic rings. The fraction of sp³-hybridized carbons (Fsp3) is 0.250. The van der Waals surface area contributed by atoms with Crippen LogP contribution < -0.4 is 0 Å². The molecule has 1 N–H and O–H groups in total. The Bertz CT molecular complexity index is 822. The number of aromatic amines is 1. The summed E-state index contributed by atoms with van der Waals surface area (Å²) in [7, 11) is 0. The highest BCUT2D eigenvalue weighted by Gasteiger charge is 2.17. The largest absolute Gasteiger partial charge is 0.356 e. The molecule has 0 unspecified atom stereocenters. The summed E-state index contributed by atoms with van der Waals surface area (Å²) in [4.78, 5) is 10.6. The molecule has 0 spiro atoms. The summed E-state index contributed by atoms with van der Waals surface area (Å²) in [6, 6.07) is 3.08. The van der Waals surface area contributed by atoms with Crippen LogP contribution in [-0.2, 0) is 0 Å². The molecule has 0 bridgehead atoms. The molecule has 0 aliphatic heterocycles. The number of H-pyrrole nitrogens is 1. The molecule has 0 aliphatic carbocycles. The molecule has 2 aromatic heterocycles. The maximum atomic E-state index is 14.3. The highest BCUT2D eigenvalue weighted by atomic mass is 19.1. The first-order valence-electron chi connectivity index (χ1n) is 6.76. The zero-order valence-electron chi connectivity index (χ0n) is 12.0. The van der Waals surface area contributed by atoms with Crippen LogP contribution in [0.4, 0.5) is 8.78 Å². The van der Waals surface area contributed by atoms with E-state index in [9.17, 15) is 8.78 Å². The highest BCUT2D eigenvalue weighted by molar-refractivity contribution is 5.89. The number of nitrogens with zero attached hydrogens (tertiary/aromatic N) is 2. The SMILES string of the molecule is Cc1[nH]c2c(F)cc(-c3ncncc3F)cc2c1C(C)C. The number of hydrogen-bond donors (Lipinski definition) is 1. The lowest BCUT2D eigenvalue weighted by molar-refractivity contribution is 0.616. The fourth-order valence-corrected chi connectivity index (χ4v) is 2.81. The van der Waals surface area contributed by atoms with E-state index in [2.05, 4.69) is 15.0 Å². The standard InChI is InChI=1S/C16H15F2N3/c1-8(2)14-9(3)21-16-11(14)4-10(5-12(16)17)15-13(18)6-19-7-20-15/h4-8,21H,1-3H3. The van der Waals surface area contributed by atoms with Gasteiger partial charge in [-0.05, 0) is 30.5 Å². The summed E-state index contributed by atoms with van der Waals surface area (Å²) in [5.74, 6) is -0.728. The maximum Gasteiger partial charge on any atom is 0.167 e. The Kier molecular flexibility index (Phi) is 3.20. The van der Waals surface area contributed by atoms with Crippen LogP contribution in [-0.4, -0.2) is 15.0 Å². The van der Waals surface area contributed by atoms with Crippen LogP contribution in [0, 0.1) is 18.6 Å². The van der Waals surface area contributed by atoms with E-state index in [1.54, 1.807) is 6.07 Å². The van der Waals surface area contributed by atoms with Crippen LogP contribution in [0.25, 0.3) is 22.2 Å². The van der Waals surface area contributed by atoms with Gasteiger partial charge in [-0.15, -0.1) is 0 Å². The lowest BCUT2D eigenvalue weighted by Gasteiger charge is -2.07. The molecule has 2 heterocycles. The average Bonchev–Trinajstić information content (AvgIpc) is 2.76. The van der Waals surface area contributed by atoms with Gasteiger partial charge in [-0.25, -0.2) is 18.7 Å². The first kappa shape index (κ1) is 13.7. The summed E-state index contributed by atoms with van der Waals surface area (Å²) >= 11 is 0. The predicted molar refractivity (Wildman–Crippen MR) is 78.1 cm³/mol. The van der Waals surface area contributed by atoms with E-state index in [4.69, 9.17) is 0 Å². The molecule has 1 aromatic carbocycles. The normalized spacial score (nSPS) is 11.5. The van der Waals surface area contributed by atoms with Crippen molar-refractivity contribution < 1.29 is 8.78 Å². The van der Waals surface area contributed by atoms with Crippen LogP contribution in [0.15, 0.2) is 24.7 Å². The molecule has 0 saturated heterocycles. The minimum Gasteiger partial charge on any atom is -0.356 e. The minimum atomic E-state index is -0.561. The number of hydrogen-bond acceptors (Lipinski definition) is 2. The molecule has 21 heavy (non-hydrogen) atoms. The Balaban J connectivity index is 2.32. The highest BCUT2D eigenvalue weighted by Crippen LogP contribution is 2.33. The number of aryl methyl sites for hydroxylation is 1. The van der Waals surface area contributed by atoms with Gasteiger partial charge in [0.25, 0.3) is 0 Å². The molecule has 3 rings (SSSR count). The first-order chi connectivity index (χ1) is 9.99. The Morgan fingerprint density at radius 3 is 2.57 bits per heavy atom. The Hall–Kier alpha value is -2.30. The van der Waals surface area contributed by atoms with Gasteiger partial charge < -0.3 is 4.98 Å². The molecule has 3 nitrogen and oxygen atoms in total. The van der Waals surface area contributed by atoms with Gasteiger partial charge >= 0.3 is 0 Å². The van der Waals surface area contributed by atoms with E-state index in [1.807, 2.05) is 20.8 Å².